The number of alkyl halides is 3. The molecule has 3 rings (SSSR count). The van der Waals surface area contributed by atoms with Gasteiger partial charge in [-0.2, -0.15) is 13.2 Å². The molecular formula is C18H25ClF4N2. The Morgan fingerprint density at radius 3 is 2.28 bits per heavy atom. The van der Waals surface area contributed by atoms with E-state index in [1.54, 1.807) is 0 Å². The van der Waals surface area contributed by atoms with Crippen molar-refractivity contribution in [3.05, 3.63) is 35.1 Å². The van der Waals surface area contributed by atoms with Gasteiger partial charge in [-0.05, 0) is 30.9 Å². The number of halogens is 5. The smallest absolute Gasteiger partial charge is 0.314 e. The zero-order valence-electron chi connectivity index (χ0n) is 14.1. The number of nitrogens with one attached hydrogen (secondary N) is 1. The van der Waals surface area contributed by atoms with E-state index in [9.17, 15) is 17.6 Å². The maximum Gasteiger partial charge on any atom is 0.416 e. The molecule has 0 spiro atoms. The van der Waals surface area contributed by atoms with Gasteiger partial charge in [-0.25, -0.2) is 4.39 Å². The minimum absolute atomic E-state index is 0. The molecule has 1 aliphatic carbocycles. The number of nitrogens with zero attached hydrogens (tertiary/aromatic N) is 1. The fourth-order valence-corrected chi connectivity index (χ4v) is 4.21. The van der Waals surface area contributed by atoms with Crippen LogP contribution in [0.15, 0.2) is 18.2 Å². The first kappa shape index (κ1) is 20.5. The highest BCUT2D eigenvalue weighted by molar-refractivity contribution is 5.85. The van der Waals surface area contributed by atoms with Crippen molar-refractivity contribution in [1.82, 2.24) is 10.2 Å². The van der Waals surface area contributed by atoms with Crippen LogP contribution in [0, 0.1) is 11.7 Å². The monoisotopic (exact) mass is 380 g/mol. The molecular weight excluding hydrogens is 356 g/mol. The van der Waals surface area contributed by atoms with Crippen LogP contribution in [0.3, 0.4) is 0 Å². The van der Waals surface area contributed by atoms with Gasteiger partial charge in [0, 0.05) is 37.8 Å². The van der Waals surface area contributed by atoms with E-state index in [-0.39, 0.29) is 23.9 Å². The third-order valence-electron chi connectivity index (χ3n) is 5.30. The highest BCUT2D eigenvalue weighted by atomic mass is 35.5. The summed E-state index contributed by atoms with van der Waals surface area (Å²) in [6, 6.07) is 2.88. The summed E-state index contributed by atoms with van der Waals surface area (Å²) in [5.74, 6) is -0.631. The van der Waals surface area contributed by atoms with Crippen molar-refractivity contribution >= 4 is 12.4 Å². The fourth-order valence-electron chi connectivity index (χ4n) is 4.21. The van der Waals surface area contributed by atoms with Crippen LogP contribution in [0.5, 0.6) is 0 Å². The predicted molar refractivity (Wildman–Crippen MR) is 92.4 cm³/mol. The summed E-state index contributed by atoms with van der Waals surface area (Å²) in [5.41, 5.74) is -0.949. The Hall–Kier alpha value is -0.850. The number of hydrogen-bond acceptors (Lipinski definition) is 2. The molecule has 1 saturated carbocycles. The predicted octanol–water partition coefficient (Wildman–Crippen LogP) is 4.79. The molecule has 142 valence electrons. The van der Waals surface area contributed by atoms with E-state index in [4.69, 9.17) is 0 Å². The van der Waals surface area contributed by atoms with Crippen LogP contribution >= 0.6 is 12.4 Å². The van der Waals surface area contributed by atoms with Crippen LogP contribution < -0.4 is 5.32 Å². The van der Waals surface area contributed by atoms with E-state index in [0.29, 0.717) is 13.1 Å². The SMILES string of the molecule is Cl.Fc1cccc(C(F)(F)F)c1[C@H](C1CCCCC1)N1CCNCC1. The first-order valence-electron chi connectivity index (χ1n) is 8.79. The number of piperazine rings is 1. The van der Waals surface area contributed by atoms with Crippen molar-refractivity contribution in [1.29, 1.82) is 0 Å². The molecule has 1 aromatic rings. The number of hydrogen-bond donors (Lipinski definition) is 1. The second-order valence-electron chi connectivity index (χ2n) is 6.83. The first-order valence-corrected chi connectivity index (χ1v) is 8.79. The lowest BCUT2D eigenvalue weighted by Crippen LogP contribution is -2.47. The number of benzene rings is 1. The molecule has 0 unspecified atom stereocenters. The third-order valence-corrected chi connectivity index (χ3v) is 5.30. The van der Waals surface area contributed by atoms with Gasteiger partial charge in [-0.1, -0.05) is 25.3 Å². The molecule has 1 saturated heterocycles. The zero-order valence-corrected chi connectivity index (χ0v) is 14.9. The molecule has 0 bridgehead atoms. The van der Waals surface area contributed by atoms with Crippen LogP contribution in [-0.4, -0.2) is 31.1 Å². The van der Waals surface area contributed by atoms with Crippen LogP contribution in [-0.2, 0) is 6.18 Å². The van der Waals surface area contributed by atoms with Crippen molar-refractivity contribution in [2.75, 3.05) is 26.2 Å². The van der Waals surface area contributed by atoms with Crippen LogP contribution in [0.4, 0.5) is 17.6 Å². The third kappa shape index (κ3) is 4.66. The molecule has 2 aliphatic rings. The summed E-state index contributed by atoms with van der Waals surface area (Å²) in [6.07, 6.45) is 0.374. The maximum atomic E-state index is 14.6. The molecule has 1 aromatic carbocycles. The summed E-state index contributed by atoms with van der Waals surface area (Å²) in [7, 11) is 0. The van der Waals surface area contributed by atoms with Gasteiger partial charge in [-0.3, -0.25) is 4.90 Å². The van der Waals surface area contributed by atoms with Crippen molar-refractivity contribution < 1.29 is 17.6 Å². The van der Waals surface area contributed by atoms with Gasteiger partial charge in [0.2, 0.25) is 0 Å². The maximum absolute atomic E-state index is 14.6. The van der Waals surface area contributed by atoms with Gasteiger partial charge in [0.1, 0.15) is 5.82 Å². The summed E-state index contributed by atoms with van der Waals surface area (Å²) in [4.78, 5) is 2.06. The molecule has 0 aromatic heterocycles. The molecule has 1 N–H and O–H groups in total. The fraction of sp³-hybridized carbons (Fsp3) is 0.667. The summed E-state index contributed by atoms with van der Waals surface area (Å²) in [5, 5.41) is 3.23. The molecule has 1 heterocycles. The first-order chi connectivity index (χ1) is 11.5. The normalized spacial score (nSPS) is 21.6. The Morgan fingerprint density at radius 1 is 1.04 bits per heavy atom. The second-order valence-corrected chi connectivity index (χ2v) is 6.83. The van der Waals surface area contributed by atoms with Crippen LogP contribution in [0.1, 0.15) is 49.3 Å². The summed E-state index contributed by atoms with van der Waals surface area (Å²) < 4.78 is 55.2. The average molecular weight is 381 g/mol. The van der Waals surface area contributed by atoms with Crippen molar-refractivity contribution in [2.24, 2.45) is 5.92 Å². The lowest BCUT2D eigenvalue weighted by Gasteiger charge is -2.42. The summed E-state index contributed by atoms with van der Waals surface area (Å²) >= 11 is 0. The Balaban J connectivity index is 0.00000225. The van der Waals surface area contributed by atoms with Crippen molar-refractivity contribution in [3.63, 3.8) is 0 Å². The van der Waals surface area contributed by atoms with Gasteiger partial charge in [-0.15, -0.1) is 12.4 Å². The Labute approximate surface area is 152 Å². The van der Waals surface area contributed by atoms with Gasteiger partial charge in [0.25, 0.3) is 0 Å². The van der Waals surface area contributed by atoms with E-state index in [1.807, 2.05) is 0 Å². The molecule has 25 heavy (non-hydrogen) atoms. The van der Waals surface area contributed by atoms with E-state index in [1.165, 1.54) is 6.07 Å². The molecule has 1 atom stereocenters. The summed E-state index contributed by atoms with van der Waals surface area (Å²) in [6.45, 7) is 2.79. The topological polar surface area (TPSA) is 15.3 Å². The van der Waals surface area contributed by atoms with Crippen molar-refractivity contribution in [3.8, 4) is 0 Å². The lowest BCUT2D eigenvalue weighted by molar-refractivity contribution is -0.139. The molecule has 2 fully saturated rings. The Kier molecular flexibility index (Phi) is 7.11. The highest BCUT2D eigenvalue weighted by Crippen LogP contribution is 2.44. The van der Waals surface area contributed by atoms with Gasteiger partial charge in [0.15, 0.2) is 0 Å². The van der Waals surface area contributed by atoms with E-state index in [0.717, 1.165) is 57.3 Å². The standard InChI is InChI=1S/C18H24F4N2.ClH/c19-15-8-4-7-14(18(20,21)22)16(15)17(13-5-2-1-3-6-13)24-11-9-23-10-12-24;/h4,7-8,13,17,23H,1-3,5-6,9-12H2;1H/t17-;/m0./s1. The molecule has 7 heteroatoms. The van der Waals surface area contributed by atoms with E-state index < -0.39 is 23.6 Å². The van der Waals surface area contributed by atoms with E-state index in [2.05, 4.69) is 10.2 Å². The molecule has 0 radical (unpaired) electrons. The van der Waals surface area contributed by atoms with Crippen LogP contribution in [0.2, 0.25) is 0 Å². The molecule has 0 amide bonds. The van der Waals surface area contributed by atoms with Crippen LogP contribution in [0.25, 0.3) is 0 Å². The van der Waals surface area contributed by atoms with Gasteiger partial charge < -0.3 is 5.32 Å². The quantitative estimate of drug-likeness (QED) is 0.758. The lowest BCUT2D eigenvalue weighted by atomic mass is 9.78. The largest absolute Gasteiger partial charge is 0.416 e. The minimum atomic E-state index is -4.53. The minimum Gasteiger partial charge on any atom is -0.314 e. The second kappa shape index (κ2) is 8.69. The highest BCUT2D eigenvalue weighted by Gasteiger charge is 2.41. The molecule has 1 aliphatic heterocycles. The van der Waals surface area contributed by atoms with Crippen molar-refractivity contribution in [2.45, 2.75) is 44.3 Å². The number of rotatable bonds is 3. The molecule has 2 nitrogen and oxygen atoms in total. The zero-order chi connectivity index (χ0) is 17.2. The van der Waals surface area contributed by atoms with Gasteiger partial charge in [0.05, 0.1) is 5.56 Å². The average Bonchev–Trinajstić information content (AvgIpc) is 2.57. The Morgan fingerprint density at radius 2 is 1.68 bits per heavy atom. The van der Waals surface area contributed by atoms with E-state index >= 15 is 0 Å². The Bertz CT molecular complexity index is 534. The van der Waals surface area contributed by atoms with Gasteiger partial charge >= 0.3 is 6.18 Å².